The van der Waals surface area contributed by atoms with Gasteiger partial charge >= 0.3 is 0 Å². The molecule has 0 radical (unpaired) electrons. The lowest BCUT2D eigenvalue weighted by molar-refractivity contribution is -0.116. The molecule has 1 saturated heterocycles. The molecular formula is C18H25Cl2N3OS. The fraction of sp³-hybridized carbons (Fsp3) is 0.556. The first-order chi connectivity index (χ1) is 11.6. The highest BCUT2D eigenvalue weighted by molar-refractivity contribution is 8.14. The van der Waals surface area contributed by atoms with Crippen molar-refractivity contribution in [3.63, 3.8) is 0 Å². The van der Waals surface area contributed by atoms with Crippen LogP contribution in [0.4, 0.5) is 5.69 Å². The van der Waals surface area contributed by atoms with Crippen molar-refractivity contribution in [2.45, 2.75) is 50.6 Å². The first kappa shape index (κ1) is 20.4. The fourth-order valence-corrected chi connectivity index (χ4v) is 4.58. The molecule has 4 nitrogen and oxygen atoms in total. The van der Waals surface area contributed by atoms with Gasteiger partial charge in [0.2, 0.25) is 5.91 Å². The number of benzene rings is 1. The zero-order valence-electron chi connectivity index (χ0n) is 14.4. The SMILES string of the molecule is CN1/C(=N/C2CCCCC2)SCC1CC(=O)Nc1ccc(Cl)cc1.Cl. The molecule has 1 amide bonds. The average Bonchev–Trinajstić information content (AvgIpc) is 2.91. The molecule has 1 N–H and O–H groups in total. The van der Waals surface area contributed by atoms with Crippen LogP contribution in [-0.2, 0) is 4.79 Å². The van der Waals surface area contributed by atoms with Crippen LogP contribution in [0.3, 0.4) is 0 Å². The Labute approximate surface area is 165 Å². The van der Waals surface area contributed by atoms with E-state index in [1.54, 1.807) is 23.9 Å². The molecule has 138 valence electrons. The highest BCUT2D eigenvalue weighted by atomic mass is 35.5. The molecule has 0 bridgehead atoms. The number of carbonyl (C=O) groups excluding carboxylic acids is 1. The van der Waals surface area contributed by atoms with Gasteiger partial charge in [0.1, 0.15) is 0 Å². The van der Waals surface area contributed by atoms with Crippen LogP contribution in [0.1, 0.15) is 38.5 Å². The number of amidine groups is 1. The summed E-state index contributed by atoms with van der Waals surface area (Å²) in [6.45, 7) is 0. The number of nitrogens with zero attached hydrogens (tertiary/aromatic N) is 2. The maximum Gasteiger partial charge on any atom is 0.226 e. The van der Waals surface area contributed by atoms with Gasteiger partial charge in [0.25, 0.3) is 0 Å². The molecule has 1 atom stereocenters. The molecule has 2 fully saturated rings. The Morgan fingerprint density at radius 3 is 2.64 bits per heavy atom. The van der Waals surface area contributed by atoms with E-state index >= 15 is 0 Å². The monoisotopic (exact) mass is 401 g/mol. The molecule has 1 heterocycles. The lowest BCUT2D eigenvalue weighted by Crippen LogP contribution is -2.34. The predicted octanol–water partition coefficient (Wildman–Crippen LogP) is 4.83. The number of amides is 1. The standard InChI is InChI=1S/C18H24ClN3OS.ClH/c1-22-16(11-17(23)20-15-9-7-13(19)8-10-15)12-24-18(22)21-14-5-3-2-4-6-14;/h7-10,14,16H,2-6,11-12H2,1H3,(H,20,23);1H/b21-18-;. The van der Waals surface area contributed by atoms with Crippen molar-refractivity contribution < 1.29 is 4.79 Å². The van der Waals surface area contributed by atoms with E-state index in [4.69, 9.17) is 16.6 Å². The Morgan fingerprint density at radius 1 is 1.28 bits per heavy atom. The van der Waals surface area contributed by atoms with Crippen LogP contribution in [-0.4, -0.2) is 40.9 Å². The molecule has 3 rings (SSSR count). The van der Waals surface area contributed by atoms with Crippen molar-refractivity contribution in [2.75, 3.05) is 18.1 Å². The minimum absolute atomic E-state index is 0. The molecule has 1 aliphatic carbocycles. The van der Waals surface area contributed by atoms with E-state index in [0.29, 0.717) is 17.5 Å². The molecule has 1 aliphatic heterocycles. The lowest BCUT2D eigenvalue weighted by Gasteiger charge is -2.23. The highest BCUT2D eigenvalue weighted by Gasteiger charge is 2.29. The zero-order valence-corrected chi connectivity index (χ0v) is 16.8. The third-order valence-corrected chi connectivity index (χ3v) is 6.13. The Bertz CT molecular complexity index is 603. The summed E-state index contributed by atoms with van der Waals surface area (Å²) in [4.78, 5) is 19.4. The summed E-state index contributed by atoms with van der Waals surface area (Å²) in [7, 11) is 2.06. The molecule has 1 unspecified atom stereocenters. The van der Waals surface area contributed by atoms with Gasteiger partial charge in [-0.15, -0.1) is 12.4 Å². The molecule has 2 aliphatic rings. The van der Waals surface area contributed by atoms with Gasteiger partial charge < -0.3 is 10.2 Å². The second-order valence-corrected chi connectivity index (χ2v) is 7.96. The minimum atomic E-state index is 0. The molecule has 1 aromatic rings. The summed E-state index contributed by atoms with van der Waals surface area (Å²) >= 11 is 7.65. The summed E-state index contributed by atoms with van der Waals surface area (Å²) in [6.07, 6.45) is 6.83. The van der Waals surface area contributed by atoms with Gasteiger partial charge in [0.15, 0.2) is 5.17 Å². The Balaban J connectivity index is 0.00000225. The number of hydrogen-bond donors (Lipinski definition) is 1. The molecule has 7 heteroatoms. The number of aliphatic imine (C=N–C) groups is 1. The Hall–Kier alpha value is -0.910. The normalized spacial score (nSPS) is 22.7. The molecule has 1 aromatic carbocycles. The van der Waals surface area contributed by atoms with Crippen LogP contribution in [0.15, 0.2) is 29.3 Å². The van der Waals surface area contributed by atoms with Crippen molar-refractivity contribution >= 4 is 52.5 Å². The molecule has 1 saturated carbocycles. The summed E-state index contributed by atoms with van der Waals surface area (Å²) in [6, 6.07) is 7.90. The maximum absolute atomic E-state index is 12.3. The van der Waals surface area contributed by atoms with Crippen molar-refractivity contribution in [1.29, 1.82) is 0 Å². The van der Waals surface area contributed by atoms with Gasteiger partial charge in [0.05, 0.1) is 6.04 Å². The molecular weight excluding hydrogens is 377 g/mol. The topological polar surface area (TPSA) is 44.7 Å². The quantitative estimate of drug-likeness (QED) is 0.785. The van der Waals surface area contributed by atoms with E-state index in [1.807, 2.05) is 12.1 Å². The second-order valence-electron chi connectivity index (χ2n) is 6.54. The van der Waals surface area contributed by atoms with Crippen LogP contribution in [0.25, 0.3) is 0 Å². The Morgan fingerprint density at radius 2 is 1.96 bits per heavy atom. The third-order valence-electron chi connectivity index (χ3n) is 4.67. The van der Waals surface area contributed by atoms with Crippen molar-refractivity contribution in [1.82, 2.24) is 4.90 Å². The maximum atomic E-state index is 12.3. The average molecular weight is 402 g/mol. The third kappa shape index (κ3) is 5.80. The first-order valence-electron chi connectivity index (χ1n) is 8.60. The Kier molecular flexibility index (Phi) is 7.91. The van der Waals surface area contributed by atoms with Crippen LogP contribution in [0.2, 0.25) is 5.02 Å². The number of thioether (sulfide) groups is 1. The van der Waals surface area contributed by atoms with E-state index in [1.165, 1.54) is 32.1 Å². The molecule has 25 heavy (non-hydrogen) atoms. The van der Waals surface area contributed by atoms with E-state index in [2.05, 4.69) is 17.3 Å². The summed E-state index contributed by atoms with van der Waals surface area (Å²) in [5, 5.41) is 4.71. The largest absolute Gasteiger partial charge is 0.350 e. The van der Waals surface area contributed by atoms with Gasteiger partial charge in [-0.05, 0) is 37.1 Å². The number of hydrogen-bond acceptors (Lipinski definition) is 3. The van der Waals surface area contributed by atoms with Crippen LogP contribution in [0, 0.1) is 0 Å². The smallest absolute Gasteiger partial charge is 0.226 e. The van der Waals surface area contributed by atoms with Gasteiger partial charge in [-0.2, -0.15) is 0 Å². The number of rotatable bonds is 4. The van der Waals surface area contributed by atoms with Crippen LogP contribution in [0.5, 0.6) is 0 Å². The van der Waals surface area contributed by atoms with E-state index in [0.717, 1.165) is 16.6 Å². The lowest BCUT2D eigenvalue weighted by atomic mass is 9.96. The van der Waals surface area contributed by atoms with Crippen molar-refractivity contribution in [2.24, 2.45) is 4.99 Å². The minimum Gasteiger partial charge on any atom is -0.350 e. The summed E-state index contributed by atoms with van der Waals surface area (Å²) < 4.78 is 0. The van der Waals surface area contributed by atoms with Crippen LogP contribution < -0.4 is 5.32 Å². The van der Waals surface area contributed by atoms with E-state index in [-0.39, 0.29) is 24.4 Å². The number of nitrogens with one attached hydrogen (secondary N) is 1. The van der Waals surface area contributed by atoms with Gasteiger partial charge in [-0.1, -0.05) is 42.6 Å². The molecule has 0 spiro atoms. The van der Waals surface area contributed by atoms with Crippen LogP contribution >= 0.6 is 35.8 Å². The second kappa shape index (κ2) is 9.70. The fourth-order valence-electron chi connectivity index (χ4n) is 3.19. The van der Waals surface area contributed by atoms with E-state index < -0.39 is 0 Å². The van der Waals surface area contributed by atoms with Gasteiger partial charge in [0, 0.05) is 36.0 Å². The van der Waals surface area contributed by atoms with Crippen molar-refractivity contribution in [3.8, 4) is 0 Å². The predicted molar refractivity (Wildman–Crippen MR) is 110 cm³/mol. The first-order valence-corrected chi connectivity index (χ1v) is 9.97. The number of anilines is 1. The number of halogens is 2. The van der Waals surface area contributed by atoms with Gasteiger partial charge in [-0.25, -0.2) is 0 Å². The summed E-state index contributed by atoms with van der Waals surface area (Å²) in [5.41, 5.74) is 0.786. The summed E-state index contributed by atoms with van der Waals surface area (Å²) in [5.74, 6) is 0.963. The number of carbonyl (C=O) groups is 1. The molecule has 0 aromatic heterocycles. The highest BCUT2D eigenvalue weighted by Crippen LogP contribution is 2.28. The zero-order chi connectivity index (χ0) is 16.9. The van der Waals surface area contributed by atoms with Crippen molar-refractivity contribution in [3.05, 3.63) is 29.3 Å². The van der Waals surface area contributed by atoms with Gasteiger partial charge in [-0.3, -0.25) is 9.79 Å². The van der Waals surface area contributed by atoms with E-state index in [9.17, 15) is 4.79 Å².